The molecule has 1 N–H and O–H groups in total. The summed E-state index contributed by atoms with van der Waals surface area (Å²) in [6, 6.07) is 10.7. The third-order valence-electron chi connectivity index (χ3n) is 3.96. The number of methoxy groups -OCH3 is 1. The van der Waals surface area contributed by atoms with Crippen LogP contribution in [-0.4, -0.2) is 41.0 Å². The molecule has 0 aliphatic carbocycles. The molecule has 0 saturated carbocycles. The Morgan fingerprint density at radius 3 is 2.88 bits per heavy atom. The number of benzene rings is 1. The summed E-state index contributed by atoms with van der Waals surface area (Å²) in [5.74, 6) is 0. The molecule has 7 heteroatoms. The van der Waals surface area contributed by atoms with Gasteiger partial charge in [0.2, 0.25) is 0 Å². The van der Waals surface area contributed by atoms with Crippen molar-refractivity contribution < 1.29 is 9.53 Å². The summed E-state index contributed by atoms with van der Waals surface area (Å²) >= 11 is 0. The van der Waals surface area contributed by atoms with E-state index in [4.69, 9.17) is 4.74 Å². The molecular formula is C17H20N4O3. The number of rotatable bonds is 4. The molecule has 2 amide bonds. The second-order valence-electron chi connectivity index (χ2n) is 5.64. The average Bonchev–Trinajstić information content (AvgIpc) is 2.60. The van der Waals surface area contributed by atoms with E-state index < -0.39 is 0 Å². The number of nitrogens with zero attached hydrogens (tertiary/aromatic N) is 3. The predicted molar refractivity (Wildman–Crippen MR) is 89.9 cm³/mol. The lowest BCUT2D eigenvalue weighted by atomic mass is 10.1. The van der Waals surface area contributed by atoms with Gasteiger partial charge in [0, 0.05) is 43.9 Å². The van der Waals surface area contributed by atoms with Crippen molar-refractivity contribution in [3.63, 3.8) is 0 Å². The molecule has 24 heavy (non-hydrogen) atoms. The standard InChI is InChI=1S/C17H20N4O3/c1-24-10-9-21-16(22)11-13-12-20(8-7-15(13)19-21)17(23)18-14-5-3-2-4-6-14/h2-6,11H,7-10,12H2,1H3,(H,18,23). The van der Waals surface area contributed by atoms with Crippen LogP contribution >= 0.6 is 0 Å². The van der Waals surface area contributed by atoms with Gasteiger partial charge in [0.25, 0.3) is 5.56 Å². The van der Waals surface area contributed by atoms with E-state index in [1.54, 1.807) is 18.1 Å². The third-order valence-corrected chi connectivity index (χ3v) is 3.96. The van der Waals surface area contributed by atoms with Crippen molar-refractivity contribution >= 4 is 11.7 Å². The van der Waals surface area contributed by atoms with Crippen LogP contribution in [0.1, 0.15) is 11.3 Å². The molecule has 0 spiro atoms. The number of nitrogens with one attached hydrogen (secondary N) is 1. The Kier molecular flexibility index (Phi) is 4.90. The zero-order chi connectivity index (χ0) is 16.9. The smallest absolute Gasteiger partial charge is 0.322 e. The minimum atomic E-state index is -0.171. The van der Waals surface area contributed by atoms with Crippen LogP contribution in [0.25, 0.3) is 0 Å². The zero-order valence-electron chi connectivity index (χ0n) is 13.6. The second kappa shape index (κ2) is 7.27. The molecule has 1 aliphatic heterocycles. The Morgan fingerprint density at radius 2 is 2.12 bits per heavy atom. The number of carbonyl (C=O) groups is 1. The number of urea groups is 1. The van der Waals surface area contributed by atoms with Crippen LogP contribution in [-0.2, 0) is 24.2 Å². The monoisotopic (exact) mass is 328 g/mol. The summed E-state index contributed by atoms with van der Waals surface area (Å²) in [6.07, 6.45) is 0.630. The van der Waals surface area contributed by atoms with Crippen LogP contribution < -0.4 is 10.9 Å². The van der Waals surface area contributed by atoms with Gasteiger partial charge in [-0.05, 0) is 12.1 Å². The van der Waals surface area contributed by atoms with Crippen LogP contribution in [0.15, 0.2) is 41.2 Å². The summed E-state index contributed by atoms with van der Waals surface area (Å²) in [7, 11) is 1.59. The van der Waals surface area contributed by atoms with Gasteiger partial charge in [-0.15, -0.1) is 0 Å². The van der Waals surface area contributed by atoms with Gasteiger partial charge in [0.15, 0.2) is 0 Å². The fourth-order valence-corrected chi connectivity index (χ4v) is 2.67. The van der Waals surface area contributed by atoms with E-state index in [9.17, 15) is 9.59 Å². The van der Waals surface area contributed by atoms with Crippen molar-refractivity contribution in [3.8, 4) is 0 Å². The number of carbonyl (C=O) groups excluding carboxylic acids is 1. The normalized spacial score (nSPS) is 13.5. The maximum Gasteiger partial charge on any atom is 0.322 e. The van der Waals surface area contributed by atoms with Gasteiger partial charge in [-0.25, -0.2) is 9.48 Å². The number of para-hydroxylation sites is 1. The van der Waals surface area contributed by atoms with Gasteiger partial charge >= 0.3 is 6.03 Å². The highest BCUT2D eigenvalue weighted by Gasteiger charge is 2.22. The van der Waals surface area contributed by atoms with Crippen molar-refractivity contribution in [2.24, 2.45) is 0 Å². The van der Waals surface area contributed by atoms with Crippen LogP contribution in [0.4, 0.5) is 10.5 Å². The molecule has 2 aromatic rings. The molecule has 1 aromatic heterocycles. The van der Waals surface area contributed by atoms with E-state index in [2.05, 4.69) is 10.4 Å². The zero-order valence-corrected chi connectivity index (χ0v) is 13.6. The molecule has 0 radical (unpaired) electrons. The van der Waals surface area contributed by atoms with E-state index in [1.807, 2.05) is 30.3 Å². The first kappa shape index (κ1) is 16.2. The lowest BCUT2D eigenvalue weighted by molar-refractivity contribution is 0.180. The second-order valence-corrected chi connectivity index (χ2v) is 5.64. The third kappa shape index (κ3) is 3.62. The Morgan fingerprint density at radius 1 is 1.33 bits per heavy atom. The number of anilines is 1. The van der Waals surface area contributed by atoms with Crippen LogP contribution in [0.3, 0.4) is 0 Å². The summed E-state index contributed by atoms with van der Waals surface area (Å²) in [5.41, 5.74) is 2.26. The van der Waals surface area contributed by atoms with Gasteiger partial charge in [-0.3, -0.25) is 4.79 Å². The molecule has 0 unspecified atom stereocenters. The Balaban J connectivity index is 1.71. The average molecular weight is 328 g/mol. The highest BCUT2D eigenvalue weighted by atomic mass is 16.5. The number of aromatic nitrogens is 2. The van der Waals surface area contributed by atoms with Gasteiger partial charge < -0.3 is 15.0 Å². The van der Waals surface area contributed by atoms with Gasteiger partial charge in [-0.1, -0.05) is 18.2 Å². The minimum Gasteiger partial charge on any atom is -0.383 e. The fourth-order valence-electron chi connectivity index (χ4n) is 2.67. The van der Waals surface area contributed by atoms with Gasteiger partial charge in [0.1, 0.15) is 0 Å². The number of hydrogen-bond donors (Lipinski definition) is 1. The molecule has 126 valence electrons. The topological polar surface area (TPSA) is 76.5 Å². The molecule has 0 saturated heterocycles. The Bertz CT molecular complexity index is 773. The molecule has 0 fully saturated rings. The van der Waals surface area contributed by atoms with E-state index in [0.717, 1.165) is 16.9 Å². The highest BCUT2D eigenvalue weighted by molar-refractivity contribution is 5.89. The van der Waals surface area contributed by atoms with Crippen molar-refractivity contribution in [2.75, 3.05) is 25.6 Å². The maximum absolute atomic E-state index is 12.4. The van der Waals surface area contributed by atoms with E-state index in [1.165, 1.54) is 4.68 Å². The molecule has 0 bridgehead atoms. The van der Waals surface area contributed by atoms with Crippen LogP contribution in [0.2, 0.25) is 0 Å². The number of hydrogen-bond acceptors (Lipinski definition) is 4. The molecular weight excluding hydrogens is 308 g/mol. The summed E-state index contributed by atoms with van der Waals surface area (Å²) in [4.78, 5) is 26.1. The lowest BCUT2D eigenvalue weighted by Gasteiger charge is -2.28. The molecule has 7 nitrogen and oxygen atoms in total. The van der Waals surface area contributed by atoms with E-state index >= 15 is 0 Å². The number of fused-ring (bicyclic) bond motifs is 1. The Labute approximate surface area is 139 Å². The van der Waals surface area contributed by atoms with Crippen LogP contribution in [0.5, 0.6) is 0 Å². The van der Waals surface area contributed by atoms with Gasteiger partial charge in [-0.2, -0.15) is 5.10 Å². The summed E-state index contributed by atoms with van der Waals surface area (Å²) in [5, 5.41) is 7.26. The van der Waals surface area contributed by atoms with E-state index in [-0.39, 0.29) is 11.6 Å². The first-order chi connectivity index (χ1) is 11.7. The minimum absolute atomic E-state index is 0.170. The fraction of sp³-hybridized carbons (Fsp3) is 0.353. The van der Waals surface area contributed by atoms with Crippen molar-refractivity contribution in [1.82, 2.24) is 14.7 Å². The first-order valence-electron chi connectivity index (χ1n) is 7.87. The van der Waals surface area contributed by atoms with Crippen molar-refractivity contribution in [3.05, 3.63) is 58.0 Å². The molecule has 0 atom stereocenters. The largest absolute Gasteiger partial charge is 0.383 e. The predicted octanol–water partition coefficient (Wildman–Crippen LogP) is 1.48. The molecule has 3 rings (SSSR count). The quantitative estimate of drug-likeness (QED) is 0.922. The molecule has 1 aromatic carbocycles. The Hall–Kier alpha value is -2.67. The summed E-state index contributed by atoms with van der Waals surface area (Å²) in [6.45, 7) is 1.83. The van der Waals surface area contributed by atoms with E-state index in [0.29, 0.717) is 32.7 Å². The van der Waals surface area contributed by atoms with Crippen LogP contribution in [0, 0.1) is 0 Å². The SMILES string of the molecule is COCCn1nc2c(cc1=O)CN(C(=O)Nc1ccccc1)CC2. The first-order valence-corrected chi connectivity index (χ1v) is 7.87. The number of amides is 2. The molecule has 2 heterocycles. The summed E-state index contributed by atoms with van der Waals surface area (Å²) < 4.78 is 6.41. The molecule has 1 aliphatic rings. The lowest BCUT2D eigenvalue weighted by Crippen LogP contribution is -2.40. The number of ether oxygens (including phenoxy) is 1. The van der Waals surface area contributed by atoms with Gasteiger partial charge in [0.05, 0.1) is 18.8 Å². The highest BCUT2D eigenvalue weighted by Crippen LogP contribution is 2.16. The van der Waals surface area contributed by atoms with Crippen molar-refractivity contribution in [2.45, 2.75) is 19.5 Å². The van der Waals surface area contributed by atoms with Crippen molar-refractivity contribution in [1.29, 1.82) is 0 Å². The maximum atomic E-state index is 12.4.